The summed E-state index contributed by atoms with van der Waals surface area (Å²) in [5.41, 5.74) is 3.06. The van der Waals surface area contributed by atoms with Crippen molar-refractivity contribution in [2.45, 2.75) is 18.2 Å². The number of hydrogen-bond donors (Lipinski definition) is 1. The molecule has 1 aliphatic heterocycles. The molecular formula is C20H17NO2S. The third-order valence-electron chi connectivity index (χ3n) is 4.29. The van der Waals surface area contributed by atoms with Crippen LogP contribution >= 0.6 is 11.3 Å². The van der Waals surface area contributed by atoms with E-state index in [2.05, 4.69) is 17.4 Å². The fraction of sp³-hybridized carbons (Fsp3) is 0.150. The second kappa shape index (κ2) is 6.59. The number of thiophene rings is 1. The Bertz CT molecular complexity index is 802. The first-order valence-electron chi connectivity index (χ1n) is 7.91. The highest BCUT2D eigenvalue weighted by atomic mass is 32.1. The van der Waals surface area contributed by atoms with Crippen LogP contribution in [-0.2, 0) is 9.53 Å². The predicted molar refractivity (Wildman–Crippen MR) is 94.7 cm³/mol. The number of esters is 1. The minimum Gasteiger partial charge on any atom is -0.454 e. The van der Waals surface area contributed by atoms with Crippen LogP contribution in [0.25, 0.3) is 0 Å². The first-order chi connectivity index (χ1) is 11.8. The highest BCUT2D eigenvalue weighted by molar-refractivity contribution is 7.08. The van der Waals surface area contributed by atoms with Crippen molar-refractivity contribution in [1.82, 2.24) is 5.32 Å². The van der Waals surface area contributed by atoms with Crippen LogP contribution in [0.15, 0.2) is 77.5 Å². The van der Waals surface area contributed by atoms with Crippen LogP contribution in [0.4, 0.5) is 0 Å². The minimum absolute atomic E-state index is 0.0869. The standard InChI is InChI=1S/C20H17NO2S/c22-20-18(16-11-12-24-13-16)21-17(14-7-3-1-4-8-14)19(23-20)15-9-5-2-6-10-15/h1-13,17-19,21H/t17-,18+,19+/m0/s1. The lowest BCUT2D eigenvalue weighted by molar-refractivity contribution is -0.161. The van der Waals surface area contributed by atoms with E-state index in [1.807, 2.05) is 65.4 Å². The summed E-state index contributed by atoms with van der Waals surface area (Å²) in [6.45, 7) is 0. The van der Waals surface area contributed by atoms with Crippen molar-refractivity contribution >= 4 is 17.3 Å². The molecule has 4 rings (SSSR count). The summed E-state index contributed by atoms with van der Waals surface area (Å²) in [6.07, 6.45) is -0.337. The molecule has 3 nitrogen and oxygen atoms in total. The van der Waals surface area contributed by atoms with Gasteiger partial charge in [-0.1, -0.05) is 60.7 Å². The smallest absolute Gasteiger partial charge is 0.328 e. The molecular weight excluding hydrogens is 318 g/mol. The molecule has 0 aliphatic carbocycles. The van der Waals surface area contributed by atoms with Crippen molar-refractivity contribution in [3.05, 3.63) is 94.2 Å². The van der Waals surface area contributed by atoms with Gasteiger partial charge in [0.1, 0.15) is 12.1 Å². The molecule has 0 amide bonds. The Kier molecular flexibility index (Phi) is 4.15. The van der Waals surface area contributed by atoms with Crippen LogP contribution in [0.3, 0.4) is 0 Å². The average molecular weight is 335 g/mol. The fourth-order valence-corrected chi connectivity index (χ4v) is 3.79. The molecule has 1 aromatic heterocycles. The van der Waals surface area contributed by atoms with Gasteiger partial charge in [-0.25, -0.2) is 4.79 Å². The maximum absolute atomic E-state index is 12.6. The summed E-state index contributed by atoms with van der Waals surface area (Å²) in [7, 11) is 0. The Morgan fingerprint density at radius 2 is 1.50 bits per heavy atom. The van der Waals surface area contributed by atoms with E-state index in [0.717, 1.165) is 16.7 Å². The molecule has 1 saturated heterocycles. The average Bonchev–Trinajstić information content (AvgIpc) is 3.17. The summed E-state index contributed by atoms with van der Waals surface area (Å²) < 4.78 is 5.88. The monoisotopic (exact) mass is 335 g/mol. The number of rotatable bonds is 3. The maximum Gasteiger partial charge on any atom is 0.328 e. The topological polar surface area (TPSA) is 38.3 Å². The van der Waals surface area contributed by atoms with Gasteiger partial charge in [0, 0.05) is 0 Å². The second-order valence-electron chi connectivity index (χ2n) is 5.81. The molecule has 1 aliphatic rings. The number of carbonyl (C=O) groups excluding carboxylic acids is 1. The van der Waals surface area contributed by atoms with Crippen LogP contribution in [0.5, 0.6) is 0 Å². The van der Waals surface area contributed by atoms with Gasteiger partial charge in [-0.3, -0.25) is 5.32 Å². The molecule has 0 spiro atoms. The van der Waals surface area contributed by atoms with Gasteiger partial charge in [-0.2, -0.15) is 11.3 Å². The van der Waals surface area contributed by atoms with Crippen molar-refractivity contribution in [1.29, 1.82) is 0 Å². The zero-order chi connectivity index (χ0) is 16.4. The van der Waals surface area contributed by atoms with E-state index in [1.54, 1.807) is 11.3 Å². The van der Waals surface area contributed by atoms with Gasteiger partial charge in [0.2, 0.25) is 0 Å². The highest BCUT2D eigenvalue weighted by Crippen LogP contribution is 2.39. The van der Waals surface area contributed by atoms with Crippen molar-refractivity contribution in [3.63, 3.8) is 0 Å². The van der Waals surface area contributed by atoms with E-state index in [1.165, 1.54) is 0 Å². The molecule has 3 atom stereocenters. The number of nitrogens with one attached hydrogen (secondary N) is 1. The van der Waals surface area contributed by atoms with Crippen LogP contribution < -0.4 is 5.32 Å². The van der Waals surface area contributed by atoms with E-state index in [9.17, 15) is 4.79 Å². The van der Waals surface area contributed by atoms with Crippen molar-refractivity contribution in [2.75, 3.05) is 0 Å². The Hall–Kier alpha value is -2.43. The van der Waals surface area contributed by atoms with Crippen LogP contribution in [-0.4, -0.2) is 5.97 Å². The Labute approximate surface area is 144 Å². The number of hydrogen-bond acceptors (Lipinski definition) is 4. The van der Waals surface area contributed by atoms with Crippen molar-refractivity contribution in [2.24, 2.45) is 0 Å². The molecule has 4 heteroatoms. The van der Waals surface area contributed by atoms with Crippen LogP contribution in [0.2, 0.25) is 0 Å². The minimum atomic E-state index is -0.429. The summed E-state index contributed by atoms with van der Waals surface area (Å²) in [5.74, 6) is -0.227. The van der Waals surface area contributed by atoms with Gasteiger partial charge in [-0.05, 0) is 33.5 Å². The van der Waals surface area contributed by atoms with E-state index >= 15 is 0 Å². The van der Waals surface area contributed by atoms with E-state index in [-0.39, 0.29) is 18.1 Å². The summed E-state index contributed by atoms with van der Waals surface area (Å²) in [5, 5.41) is 7.47. The number of carbonyl (C=O) groups is 1. The third-order valence-corrected chi connectivity index (χ3v) is 4.99. The molecule has 3 aromatic rings. The normalized spacial score (nSPS) is 23.7. The highest BCUT2D eigenvalue weighted by Gasteiger charge is 2.39. The molecule has 0 unspecified atom stereocenters. The quantitative estimate of drug-likeness (QED) is 0.720. The number of benzene rings is 2. The van der Waals surface area contributed by atoms with Gasteiger partial charge in [-0.15, -0.1) is 0 Å². The Morgan fingerprint density at radius 3 is 2.12 bits per heavy atom. The van der Waals surface area contributed by atoms with Crippen LogP contribution in [0.1, 0.15) is 34.9 Å². The second-order valence-corrected chi connectivity index (χ2v) is 6.59. The summed E-state index contributed by atoms with van der Waals surface area (Å²) in [4.78, 5) is 12.6. The Balaban J connectivity index is 1.72. The maximum atomic E-state index is 12.6. The molecule has 1 fully saturated rings. The first kappa shape index (κ1) is 15.1. The molecule has 120 valence electrons. The number of cyclic esters (lactones) is 1. The molecule has 0 saturated carbocycles. The van der Waals surface area contributed by atoms with Gasteiger partial charge in [0.15, 0.2) is 0 Å². The Morgan fingerprint density at radius 1 is 0.833 bits per heavy atom. The largest absolute Gasteiger partial charge is 0.454 e. The first-order valence-corrected chi connectivity index (χ1v) is 8.86. The number of ether oxygens (including phenoxy) is 1. The van der Waals surface area contributed by atoms with Gasteiger partial charge in [0.05, 0.1) is 6.04 Å². The lowest BCUT2D eigenvalue weighted by Gasteiger charge is -2.37. The van der Waals surface area contributed by atoms with E-state index in [0.29, 0.717) is 0 Å². The summed E-state index contributed by atoms with van der Waals surface area (Å²) >= 11 is 1.58. The number of morpholine rings is 1. The molecule has 1 N–H and O–H groups in total. The van der Waals surface area contributed by atoms with Gasteiger partial charge in [0.25, 0.3) is 0 Å². The predicted octanol–water partition coefficient (Wildman–Crippen LogP) is 4.42. The summed E-state index contributed by atoms with van der Waals surface area (Å²) in [6, 6.07) is 21.5. The molecule has 24 heavy (non-hydrogen) atoms. The van der Waals surface area contributed by atoms with Gasteiger partial charge < -0.3 is 4.74 Å². The van der Waals surface area contributed by atoms with Crippen molar-refractivity contribution < 1.29 is 9.53 Å². The lowest BCUT2D eigenvalue weighted by atomic mass is 9.92. The van der Waals surface area contributed by atoms with Gasteiger partial charge >= 0.3 is 5.97 Å². The zero-order valence-corrected chi connectivity index (χ0v) is 13.8. The molecule has 2 heterocycles. The molecule has 2 aromatic carbocycles. The SMILES string of the molecule is O=C1O[C@H](c2ccccc2)[C@H](c2ccccc2)N[C@@H]1c1ccsc1. The molecule has 0 bridgehead atoms. The van der Waals surface area contributed by atoms with Crippen LogP contribution in [0, 0.1) is 0 Å². The fourth-order valence-electron chi connectivity index (χ4n) is 3.10. The molecule has 0 radical (unpaired) electrons. The third kappa shape index (κ3) is 2.86. The zero-order valence-electron chi connectivity index (χ0n) is 13.0. The lowest BCUT2D eigenvalue weighted by Crippen LogP contribution is -2.43. The van der Waals surface area contributed by atoms with Crippen molar-refractivity contribution in [3.8, 4) is 0 Å². The van der Waals surface area contributed by atoms with E-state index < -0.39 is 6.04 Å². The van der Waals surface area contributed by atoms with E-state index in [4.69, 9.17) is 4.74 Å².